The van der Waals surface area contributed by atoms with E-state index in [1.807, 2.05) is 36.4 Å². The predicted molar refractivity (Wildman–Crippen MR) is 154 cm³/mol. The predicted octanol–water partition coefficient (Wildman–Crippen LogP) is 3.50. The Morgan fingerprint density at radius 2 is 1.27 bits per heavy atom. The molecular weight excluding hydrogens is 614 g/mol. The molecule has 0 aliphatic rings. The Morgan fingerprint density at radius 3 is 1.73 bits per heavy atom. The quantitative estimate of drug-likeness (QED) is 0.0834. The van der Waals surface area contributed by atoms with Crippen LogP contribution in [0.1, 0.15) is 11.1 Å². The van der Waals surface area contributed by atoms with E-state index in [2.05, 4.69) is 48.9 Å². The second-order valence-corrected chi connectivity index (χ2v) is 7.67. The van der Waals surface area contributed by atoms with Crippen LogP contribution in [0.25, 0.3) is 0 Å². The van der Waals surface area contributed by atoms with E-state index < -0.39 is 0 Å². The van der Waals surface area contributed by atoms with Crippen molar-refractivity contribution in [3.05, 3.63) is 98.5 Å². The number of ether oxygens (including phenoxy) is 5. The first-order chi connectivity index (χ1) is 17.0. The molecule has 2 aromatic rings. The first kappa shape index (κ1) is 40.0. The molecule has 0 aliphatic carbocycles. The molecule has 0 spiro atoms. The normalized spacial score (nSPS) is 8.62. The van der Waals surface area contributed by atoms with Gasteiger partial charge in [-0.15, -0.1) is 13.2 Å². The second-order valence-electron chi connectivity index (χ2n) is 6.59. The van der Waals surface area contributed by atoms with Gasteiger partial charge in [0.25, 0.3) is 0 Å². The van der Waals surface area contributed by atoms with Crippen LogP contribution < -0.4 is 65.6 Å². The molecule has 0 heterocycles. The van der Waals surface area contributed by atoms with Crippen LogP contribution in [-0.4, -0.2) is 49.1 Å². The number of phenolic OH excluding ortho intramolecular Hbond substituents is 1. The van der Waals surface area contributed by atoms with Crippen molar-refractivity contribution in [2.45, 2.75) is 12.8 Å². The second kappa shape index (κ2) is 27.6. The number of phenols is 1. The van der Waals surface area contributed by atoms with Crippen molar-refractivity contribution in [1.82, 2.24) is 0 Å². The molecule has 0 aliphatic heterocycles. The standard InChI is InChI=1S/C14H18O3.C10H12O2.C4H7IO.K.H2O/c1-4-6-12-7-8-13(14(11-12)15-3)17-10-9-16-5-2;1-3-4-8-5-6-9(11)10(7-8)12-2;1-2-6-4-3-5;;/h4-5,7-8,11H,1-2,6,9-10H2,3H3;3,5-7,11H,1,4H2,2H3;2H,1,3-4H2;;1H2/q;;;+1;/p-1. The number of hydrogen-bond donors (Lipinski definition) is 1. The van der Waals surface area contributed by atoms with Crippen LogP contribution in [0.3, 0.4) is 0 Å². The molecule has 0 atom stereocenters. The van der Waals surface area contributed by atoms with E-state index in [-0.39, 0.29) is 62.6 Å². The number of hydrogen-bond acceptors (Lipinski definition) is 7. The number of allylic oxidation sites excluding steroid dienone is 2. The molecule has 9 heteroatoms. The molecule has 0 saturated heterocycles. The summed E-state index contributed by atoms with van der Waals surface area (Å²) in [6.45, 7) is 15.9. The molecular formula is C28H38IKO7. The fourth-order valence-corrected chi connectivity index (χ4v) is 2.81. The third kappa shape index (κ3) is 19.3. The van der Waals surface area contributed by atoms with E-state index in [0.29, 0.717) is 24.7 Å². The maximum atomic E-state index is 9.25. The van der Waals surface area contributed by atoms with Crippen molar-refractivity contribution in [2.24, 2.45) is 0 Å². The zero-order valence-electron chi connectivity index (χ0n) is 22.2. The molecule has 0 saturated carbocycles. The smallest absolute Gasteiger partial charge is 0.870 e. The Balaban J connectivity index is -0.000000507. The van der Waals surface area contributed by atoms with Crippen molar-refractivity contribution in [3.63, 3.8) is 0 Å². The van der Waals surface area contributed by atoms with E-state index >= 15 is 0 Å². The van der Waals surface area contributed by atoms with Crippen LogP contribution >= 0.6 is 22.6 Å². The monoisotopic (exact) mass is 652 g/mol. The summed E-state index contributed by atoms with van der Waals surface area (Å²) in [4.78, 5) is 0. The van der Waals surface area contributed by atoms with Crippen molar-refractivity contribution >= 4 is 22.6 Å². The van der Waals surface area contributed by atoms with Crippen molar-refractivity contribution in [3.8, 4) is 23.0 Å². The van der Waals surface area contributed by atoms with Gasteiger partial charge in [-0.3, -0.25) is 0 Å². The van der Waals surface area contributed by atoms with Gasteiger partial charge < -0.3 is 34.3 Å². The molecule has 2 rings (SSSR count). The van der Waals surface area contributed by atoms with E-state index in [9.17, 15) is 5.11 Å². The minimum absolute atomic E-state index is 0. The molecule has 0 amide bonds. The first-order valence-corrected chi connectivity index (χ1v) is 12.4. The molecule has 0 radical (unpaired) electrons. The third-order valence-corrected chi connectivity index (χ3v) is 4.56. The average Bonchev–Trinajstić information content (AvgIpc) is 2.88. The number of alkyl halides is 1. The summed E-state index contributed by atoms with van der Waals surface area (Å²) in [5, 5.41) is 9.25. The van der Waals surface area contributed by atoms with Gasteiger partial charge in [-0.05, 0) is 48.2 Å². The largest absolute Gasteiger partial charge is 1.00 e. The topological polar surface area (TPSA) is 96.4 Å². The molecule has 200 valence electrons. The molecule has 2 aromatic carbocycles. The summed E-state index contributed by atoms with van der Waals surface area (Å²) in [6.07, 6.45) is 8.12. The van der Waals surface area contributed by atoms with Crippen molar-refractivity contribution in [2.75, 3.05) is 38.5 Å². The minimum atomic E-state index is 0. The van der Waals surface area contributed by atoms with E-state index in [1.54, 1.807) is 19.2 Å². The zero-order valence-corrected chi connectivity index (χ0v) is 27.4. The van der Waals surface area contributed by atoms with Gasteiger partial charge >= 0.3 is 51.4 Å². The van der Waals surface area contributed by atoms with Gasteiger partial charge in [-0.2, -0.15) is 0 Å². The summed E-state index contributed by atoms with van der Waals surface area (Å²) in [5.41, 5.74) is 2.23. The van der Waals surface area contributed by atoms with Gasteiger partial charge in [0.15, 0.2) is 23.0 Å². The number of methoxy groups -OCH3 is 2. The Morgan fingerprint density at radius 1 is 0.757 bits per heavy atom. The van der Waals surface area contributed by atoms with Gasteiger partial charge in [0.05, 0.1) is 33.4 Å². The minimum Gasteiger partial charge on any atom is -0.870 e. The molecule has 0 bridgehead atoms. The Labute approximate surface area is 278 Å². The maximum Gasteiger partial charge on any atom is 1.00 e. The third-order valence-electron chi connectivity index (χ3n) is 4.12. The number of halogens is 1. The van der Waals surface area contributed by atoms with Crippen LogP contribution in [0.2, 0.25) is 0 Å². The van der Waals surface area contributed by atoms with Crippen LogP contribution in [-0.2, 0) is 22.3 Å². The summed E-state index contributed by atoms with van der Waals surface area (Å²) in [5.74, 6) is 2.12. The number of benzene rings is 2. The van der Waals surface area contributed by atoms with Crippen LogP contribution in [0, 0.1) is 0 Å². The molecule has 2 N–H and O–H groups in total. The Hall–Kier alpha value is -1.47. The van der Waals surface area contributed by atoms with Gasteiger partial charge in [0.1, 0.15) is 13.2 Å². The fourth-order valence-electron chi connectivity index (χ4n) is 2.55. The average molecular weight is 653 g/mol. The van der Waals surface area contributed by atoms with E-state index in [0.717, 1.165) is 40.8 Å². The summed E-state index contributed by atoms with van der Waals surface area (Å²) >= 11 is 2.24. The van der Waals surface area contributed by atoms with E-state index in [1.165, 1.54) is 19.6 Å². The van der Waals surface area contributed by atoms with Gasteiger partial charge in [0, 0.05) is 4.43 Å². The first-order valence-electron chi connectivity index (χ1n) is 10.9. The van der Waals surface area contributed by atoms with E-state index in [4.69, 9.17) is 23.7 Å². The Bertz CT molecular complexity index is 891. The Kier molecular flexibility index (Phi) is 29.8. The summed E-state index contributed by atoms with van der Waals surface area (Å²) in [6, 6.07) is 11.1. The number of rotatable bonds is 14. The fraction of sp³-hybridized carbons (Fsp3) is 0.286. The molecule has 0 unspecified atom stereocenters. The maximum absolute atomic E-state index is 9.25. The van der Waals surface area contributed by atoms with Gasteiger partial charge in [-0.25, -0.2) is 0 Å². The van der Waals surface area contributed by atoms with Crippen LogP contribution in [0.4, 0.5) is 0 Å². The zero-order chi connectivity index (χ0) is 26.3. The SMILES string of the molecule is C=CCc1ccc(O)c(OC)c1.C=CCc1ccc(OCCOC=C)c(OC)c1.C=COCCI.[K+].[OH-]. The summed E-state index contributed by atoms with van der Waals surface area (Å²) < 4.78 is 26.5. The van der Waals surface area contributed by atoms with Crippen LogP contribution in [0.15, 0.2) is 87.4 Å². The van der Waals surface area contributed by atoms with Crippen molar-refractivity contribution in [1.29, 1.82) is 0 Å². The number of aromatic hydroxyl groups is 1. The molecule has 7 nitrogen and oxygen atoms in total. The molecule has 37 heavy (non-hydrogen) atoms. The molecule has 0 aromatic heterocycles. The van der Waals surface area contributed by atoms with Crippen LogP contribution in [0.5, 0.6) is 23.0 Å². The van der Waals surface area contributed by atoms with Gasteiger partial charge in [0.2, 0.25) is 0 Å². The van der Waals surface area contributed by atoms with Gasteiger partial charge in [-0.1, -0.05) is 60.0 Å². The molecule has 0 fully saturated rings. The van der Waals surface area contributed by atoms with Crippen molar-refractivity contribution < 1.29 is 85.7 Å². The summed E-state index contributed by atoms with van der Waals surface area (Å²) in [7, 11) is 3.16.